The Labute approximate surface area is 153 Å². The highest BCUT2D eigenvalue weighted by atomic mass is 16.7. The summed E-state index contributed by atoms with van der Waals surface area (Å²) in [6.45, 7) is 3.76. The van der Waals surface area contributed by atoms with Crippen LogP contribution in [-0.2, 0) is 28.5 Å². The van der Waals surface area contributed by atoms with E-state index in [9.17, 15) is 14.7 Å². The summed E-state index contributed by atoms with van der Waals surface area (Å²) in [5.41, 5.74) is 0. The molecule has 2 heterocycles. The van der Waals surface area contributed by atoms with Crippen molar-refractivity contribution >= 4 is 12.0 Å². The maximum atomic E-state index is 12.8. The largest absolute Gasteiger partial charge is 0.438 e. The van der Waals surface area contributed by atoms with Crippen LogP contribution in [0.4, 0.5) is 4.79 Å². The topological polar surface area (TPSA) is 104 Å². The second-order valence-electron chi connectivity index (χ2n) is 6.62. The van der Waals surface area contributed by atoms with E-state index >= 15 is 0 Å². The minimum absolute atomic E-state index is 0.258. The molecule has 7 atom stereocenters. The van der Waals surface area contributed by atoms with Crippen LogP contribution in [0.25, 0.3) is 0 Å². The summed E-state index contributed by atoms with van der Waals surface area (Å²) in [6, 6.07) is 0. The Morgan fingerprint density at radius 2 is 2.04 bits per heavy atom. The number of imide groups is 1. The van der Waals surface area contributed by atoms with Gasteiger partial charge in [0.1, 0.15) is 18.3 Å². The molecule has 2 saturated heterocycles. The van der Waals surface area contributed by atoms with Gasteiger partial charge in [0.05, 0.1) is 18.6 Å². The van der Waals surface area contributed by atoms with Crippen LogP contribution in [0.3, 0.4) is 0 Å². The lowest BCUT2D eigenvalue weighted by Gasteiger charge is -2.28. The third-order valence-electron chi connectivity index (χ3n) is 4.97. The van der Waals surface area contributed by atoms with Crippen molar-refractivity contribution in [2.45, 2.75) is 63.4 Å². The van der Waals surface area contributed by atoms with Gasteiger partial charge < -0.3 is 28.8 Å². The summed E-state index contributed by atoms with van der Waals surface area (Å²) in [6.07, 6.45) is -3.73. The molecule has 2 aliphatic heterocycles. The van der Waals surface area contributed by atoms with Gasteiger partial charge in [0.2, 0.25) is 5.91 Å². The number of hydrogen-bond acceptors (Lipinski definition) is 8. The predicted molar refractivity (Wildman–Crippen MR) is 89.3 cm³/mol. The Bertz CT molecular complexity index is 501. The number of aliphatic hydroxyl groups excluding tert-OH is 1. The van der Waals surface area contributed by atoms with E-state index in [1.165, 1.54) is 21.3 Å². The van der Waals surface area contributed by atoms with Crippen molar-refractivity contribution < 1.29 is 38.4 Å². The van der Waals surface area contributed by atoms with E-state index in [0.29, 0.717) is 6.42 Å². The van der Waals surface area contributed by atoms with Gasteiger partial charge in [-0.15, -0.1) is 0 Å². The SMILES string of the molecule is CCC[C@@H](O)[C@H](C)C(=O)N1C(=O)O[C@@H]2[C@@H](OC)[C@@H]([C@@H](COC)OC)O[C@@H]21. The van der Waals surface area contributed by atoms with Crippen LogP contribution in [0.1, 0.15) is 26.7 Å². The van der Waals surface area contributed by atoms with Crippen LogP contribution < -0.4 is 0 Å². The fourth-order valence-electron chi connectivity index (χ4n) is 3.45. The predicted octanol–water partition coefficient (Wildman–Crippen LogP) is 0.532. The first-order valence-corrected chi connectivity index (χ1v) is 8.82. The van der Waals surface area contributed by atoms with Crippen molar-refractivity contribution in [3.63, 3.8) is 0 Å². The molecule has 0 saturated carbocycles. The lowest BCUT2D eigenvalue weighted by Crippen LogP contribution is -2.46. The van der Waals surface area contributed by atoms with Gasteiger partial charge in [-0.3, -0.25) is 4.79 Å². The Balaban J connectivity index is 2.19. The smallest absolute Gasteiger partial charge is 0.419 e. The number of rotatable bonds is 9. The first-order valence-electron chi connectivity index (χ1n) is 8.82. The van der Waals surface area contributed by atoms with Crippen LogP contribution in [0.2, 0.25) is 0 Å². The fraction of sp³-hybridized carbons (Fsp3) is 0.882. The molecule has 9 nitrogen and oxygen atoms in total. The van der Waals surface area contributed by atoms with Gasteiger partial charge in [0.25, 0.3) is 0 Å². The molecule has 0 aromatic rings. The van der Waals surface area contributed by atoms with Gasteiger partial charge in [0, 0.05) is 21.3 Å². The molecule has 2 rings (SSSR count). The minimum atomic E-state index is -0.921. The van der Waals surface area contributed by atoms with Crippen molar-refractivity contribution in [1.29, 1.82) is 0 Å². The number of aliphatic hydroxyl groups is 1. The summed E-state index contributed by atoms with van der Waals surface area (Å²) in [7, 11) is 4.54. The number of fused-ring (bicyclic) bond motifs is 1. The monoisotopic (exact) mass is 375 g/mol. The summed E-state index contributed by atoms with van der Waals surface area (Å²) in [5, 5.41) is 10.1. The van der Waals surface area contributed by atoms with Crippen LogP contribution in [-0.4, -0.2) is 86.7 Å². The van der Waals surface area contributed by atoms with Gasteiger partial charge in [0.15, 0.2) is 12.3 Å². The van der Waals surface area contributed by atoms with Crippen LogP contribution in [0.5, 0.6) is 0 Å². The molecule has 0 aromatic heterocycles. The van der Waals surface area contributed by atoms with E-state index in [1.54, 1.807) is 6.92 Å². The number of carbonyl (C=O) groups is 2. The van der Waals surface area contributed by atoms with E-state index in [1.807, 2.05) is 6.92 Å². The molecular weight excluding hydrogens is 346 g/mol. The summed E-state index contributed by atoms with van der Waals surface area (Å²) in [4.78, 5) is 26.0. The lowest BCUT2D eigenvalue weighted by atomic mass is 9.99. The molecule has 0 spiro atoms. The zero-order chi connectivity index (χ0) is 19.4. The lowest BCUT2D eigenvalue weighted by molar-refractivity contribution is -0.153. The quantitative estimate of drug-likeness (QED) is 0.622. The molecule has 26 heavy (non-hydrogen) atoms. The standard InChI is InChI=1S/C17H29NO8/c1-6-7-10(19)9(2)15(20)18-16-14(26-17(18)21)13(24-5)12(25-16)11(23-4)8-22-3/h9-14,16,19H,6-8H2,1-5H3/t9-,10+,11+,12+,13-,14+,16-/m0/s1. The average Bonchev–Trinajstić information content (AvgIpc) is 3.12. The Morgan fingerprint density at radius 3 is 2.58 bits per heavy atom. The van der Waals surface area contributed by atoms with Crippen molar-refractivity contribution in [2.24, 2.45) is 5.92 Å². The van der Waals surface area contributed by atoms with E-state index in [4.69, 9.17) is 23.7 Å². The highest BCUT2D eigenvalue weighted by molar-refractivity contribution is 5.95. The molecule has 0 aromatic carbocycles. The van der Waals surface area contributed by atoms with Crippen LogP contribution in [0.15, 0.2) is 0 Å². The Morgan fingerprint density at radius 1 is 1.35 bits per heavy atom. The number of carbonyl (C=O) groups excluding carboxylic acids is 2. The van der Waals surface area contributed by atoms with E-state index in [0.717, 1.165) is 11.3 Å². The fourth-order valence-corrected chi connectivity index (χ4v) is 3.45. The Hall–Kier alpha value is -1.26. The normalized spacial score (nSPS) is 31.5. The summed E-state index contributed by atoms with van der Waals surface area (Å²) < 4.78 is 27.3. The van der Waals surface area contributed by atoms with Crippen molar-refractivity contribution in [3.8, 4) is 0 Å². The maximum absolute atomic E-state index is 12.8. The number of amides is 2. The van der Waals surface area contributed by atoms with Gasteiger partial charge in [-0.1, -0.05) is 20.3 Å². The zero-order valence-electron chi connectivity index (χ0n) is 15.9. The molecule has 1 N–H and O–H groups in total. The molecule has 0 unspecified atom stereocenters. The molecule has 2 aliphatic rings. The van der Waals surface area contributed by atoms with E-state index in [2.05, 4.69) is 0 Å². The molecule has 150 valence electrons. The molecule has 0 aliphatic carbocycles. The molecule has 0 bridgehead atoms. The van der Waals surface area contributed by atoms with Crippen LogP contribution >= 0.6 is 0 Å². The number of ether oxygens (including phenoxy) is 5. The Kier molecular flexibility index (Phi) is 7.36. The molecule has 0 radical (unpaired) electrons. The van der Waals surface area contributed by atoms with Gasteiger partial charge >= 0.3 is 6.09 Å². The van der Waals surface area contributed by atoms with Gasteiger partial charge in [-0.2, -0.15) is 0 Å². The zero-order valence-corrected chi connectivity index (χ0v) is 15.9. The number of nitrogens with zero attached hydrogens (tertiary/aromatic N) is 1. The molecule has 2 amide bonds. The average molecular weight is 375 g/mol. The van der Waals surface area contributed by atoms with E-state index < -0.39 is 54.7 Å². The molecular formula is C17H29NO8. The van der Waals surface area contributed by atoms with Crippen LogP contribution in [0, 0.1) is 5.92 Å². The van der Waals surface area contributed by atoms with Crippen molar-refractivity contribution in [2.75, 3.05) is 27.9 Å². The third kappa shape index (κ3) is 3.86. The van der Waals surface area contributed by atoms with Gasteiger partial charge in [-0.05, 0) is 6.42 Å². The first kappa shape index (κ1) is 21.0. The first-order chi connectivity index (χ1) is 12.4. The second kappa shape index (κ2) is 9.09. The van der Waals surface area contributed by atoms with Gasteiger partial charge in [-0.25, -0.2) is 9.69 Å². The summed E-state index contributed by atoms with van der Waals surface area (Å²) in [5.74, 6) is -1.28. The second-order valence-corrected chi connectivity index (χ2v) is 6.62. The minimum Gasteiger partial charge on any atom is -0.438 e. The third-order valence-corrected chi connectivity index (χ3v) is 4.97. The van der Waals surface area contributed by atoms with E-state index in [-0.39, 0.29) is 6.61 Å². The van der Waals surface area contributed by atoms with Crippen molar-refractivity contribution in [1.82, 2.24) is 4.90 Å². The molecule has 9 heteroatoms. The summed E-state index contributed by atoms with van der Waals surface area (Å²) >= 11 is 0. The molecule has 2 fully saturated rings. The number of methoxy groups -OCH3 is 3. The highest BCUT2D eigenvalue weighted by Crippen LogP contribution is 2.37. The highest BCUT2D eigenvalue weighted by Gasteiger charge is 2.60. The maximum Gasteiger partial charge on any atom is 0.419 e. The van der Waals surface area contributed by atoms with Crippen molar-refractivity contribution in [3.05, 3.63) is 0 Å². The number of hydrogen-bond donors (Lipinski definition) is 1.